The van der Waals surface area contributed by atoms with Crippen LogP contribution in [0.5, 0.6) is 5.75 Å². The first-order chi connectivity index (χ1) is 12.6. The molecule has 0 aromatic heterocycles. The average Bonchev–Trinajstić information content (AvgIpc) is 2.68. The average molecular weight is 397 g/mol. The molecule has 6 nitrogen and oxygen atoms in total. The Kier molecular flexibility index (Phi) is 8.38. The first-order valence-electron chi connectivity index (χ1n) is 9.59. The van der Waals surface area contributed by atoms with Crippen molar-refractivity contribution in [3.05, 3.63) is 29.8 Å². The molecule has 1 amide bonds. The summed E-state index contributed by atoms with van der Waals surface area (Å²) in [7, 11) is 0. The molecular weight excluding hydrogens is 368 g/mol. The van der Waals surface area contributed by atoms with Crippen LogP contribution in [-0.2, 0) is 4.79 Å². The molecule has 2 aliphatic rings. The zero-order valence-corrected chi connectivity index (χ0v) is 16.3. The van der Waals surface area contributed by atoms with Gasteiger partial charge in [-0.2, -0.15) is 0 Å². The lowest BCUT2D eigenvalue weighted by atomic mass is 9.86. The summed E-state index contributed by atoms with van der Waals surface area (Å²) >= 11 is 0. The van der Waals surface area contributed by atoms with Gasteiger partial charge in [-0.05, 0) is 81.8 Å². The van der Waals surface area contributed by atoms with Crippen LogP contribution in [0, 0.1) is 11.8 Å². The molecule has 2 fully saturated rings. The van der Waals surface area contributed by atoms with Crippen LogP contribution in [0.4, 0.5) is 0 Å². The van der Waals surface area contributed by atoms with E-state index in [9.17, 15) is 9.59 Å². The van der Waals surface area contributed by atoms with Gasteiger partial charge in [-0.1, -0.05) is 0 Å². The highest BCUT2D eigenvalue weighted by Crippen LogP contribution is 2.25. The van der Waals surface area contributed by atoms with Gasteiger partial charge in [0, 0.05) is 11.6 Å². The Morgan fingerprint density at radius 2 is 1.67 bits per heavy atom. The maximum Gasteiger partial charge on any atom is 0.306 e. The number of benzene rings is 1. The third kappa shape index (κ3) is 6.40. The summed E-state index contributed by atoms with van der Waals surface area (Å²) in [6, 6.07) is 7.33. The molecule has 1 aliphatic heterocycles. The fraction of sp³-hybridized carbons (Fsp3) is 0.600. The second-order valence-corrected chi connectivity index (χ2v) is 7.39. The van der Waals surface area contributed by atoms with Gasteiger partial charge in [0.05, 0.1) is 12.5 Å². The van der Waals surface area contributed by atoms with Gasteiger partial charge in [0.25, 0.3) is 5.91 Å². The molecule has 0 radical (unpaired) electrons. The van der Waals surface area contributed by atoms with Crippen LogP contribution >= 0.6 is 12.4 Å². The standard InChI is InChI=1S/C20H28N2O4.ClH/c23-19(22-17-5-1-16(2-6-17)20(24)25)15-3-7-18(8-4-15)26-13-14-9-11-21-12-10-14;/h3-4,7-8,14,16-17,21H,1-2,5-6,9-13H2,(H,22,23)(H,24,25);1H. The van der Waals surface area contributed by atoms with Gasteiger partial charge in [0.2, 0.25) is 0 Å². The number of halogens is 1. The highest BCUT2D eigenvalue weighted by molar-refractivity contribution is 5.94. The third-order valence-corrected chi connectivity index (χ3v) is 5.47. The Bertz CT molecular complexity index is 609. The molecule has 150 valence electrons. The molecule has 0 unspecified atom stereocenters. The van der Waals surface area contributed by atoms with E-state index in [4.69, 9.17) is 9.84 Å². The molecule has 1 aliphatic carbocycles. The lowest BCUT2D eigenvalue weighted by Crippen LogP contribution is -2.38. The normalized spacial score (nSPS) is 23.1. The van der Waals surface area contributed by atoms with Crippen molar-refractivity contribution >= 4 is 24.3 Å². The van der Waals surface area contributed by atoms with E-state index in [1.807, 2.05) is 12.1 Å². The van der Waals surface area contributed by atoms with E-state index >= 15 is 0 Å². The topological polar surface area (TPSA) is 87.7 Å². The van der Waals surface area contributed by atoms with Gasteiger partial charge in [-0.15, -0.1) is 12.4 Å². The smallest absolute Gasteiger partial charge is 0.306 e. The van der Waals surface area contributed by atoms with Crippen molar-refractivity contribution in [1.82, 2.24) is 10.6 Å². The van der Waals surface area contributed by atoms with E-state index in [0.717, 1.165) is 51.1 Å². The monoisotopic (exact) mass is 396 g/mol. The van der Waals surface area contributed by atoms with Crippen molar-refractivity contribution in [3.8, 4) is 5.75 Å². The van der Waals surface area contributed by atoms with Crippen molar-refractivity contribution in [2.45, 2.75) is 44.6 Å². The summed E-state index contributed by atoms with van der Waals surface area (Å²) in [4.78, 5) is 23.4. The maximum atomic E-state index is 12.4. The minimum Gasteiger partial charge on any atom is -0.493 e. The lowest BCUT2D eigenvalue weighted by Gasteiger charge is -2.26. The minimum atomic E-state index is -0.727. The summed E-state index contributed by atoms with van der Waals surface area (Å²) in [5.74, 6) is 0.297. The van der Waals surface area contributed by atoms with E-state index in [-0.39, 0.29) is 30.3 Å². The van der Waals surface area contributed by atoms with Gasteiger partial charge in [-0.25, -0.2) is 0 Å². The zero-order chi connectivity index (χ0) is 18.4. The molecule has 3 N–H and O–H groups in total. The van der Waals surface area contributed by atoms with Gasteiger partial charge in [0.1, 0.15) is 5.75 Å². The highest BCUT2D eigenvalue weighted by Gasteiger charge is 2.26. The van der Waals surface area contributed by atoms with Crippen LogP contribution in [0.2, 0.25) is 0 Å². The van der Waals surface area contributed by atoms with Crippen molar-refractivity contribution < 1.29 is 19.4 Å². The molecule has 1 saturated carbocycles. The Balaban J connectivity index is 0.00000261. The number of carbonyl (C=O) groups is 2. The van der Waals surface area contributed by atoms with Crippen LogP contribution < -0.4 is 15.4 Å². The third-order valence-electron chi connectivity index (χ3n) is 5.47. The number of carboxylic acid groups (broad SMARTS) is 1. The molecule has 3 rings (SSSR count). The number of ether oxygens (including phenoxy) is 1. The molecular formula is C20H29ClN2O4. The summed E-state index contributed by atoms with van der Waals surface area (Å²) in [5, 5.41) is 15.4. The van der Waals surface area contributed by atoms with Gasteiger partial charge >= 0.3 is 5.97 Å². The molecule has 0 bridgehead atoms. The van der Waals surface area contributed by atoms with Crippen molar-refractivity contribution in [3.63, 3.8) is 0 Å². The lowest BCUT2D eigenvalue weighted by molar-refractivity contribution is -0.142. The summed E-state index contributed by atoms with van der Waals surface area (Å²) in [6.07, 6.45) is 4.99. The number of piperidine rings is 1. The number of hydrogen-bond donors (Lipinski definition) is 3. The fourth-order valence-corrected chi connectivity index (χ4v) is 3.72. The van der Waals surface area contributed by atoms with E-state index in [2.05, 4.69) is 10.6 Å². The van der Waals surface area contributed by atoms with Gasteiger partial charge < -0.3 is 20.5 Å². The molecule has 0 atom stereocenters. The SMILES string of the molecule is Cl.O=C(NC1CCC(C(=O)O)CC1)c1ccc(OCC2CCNCC2)cc1. The number of carbonyl (C=O) groups excluding carboxylic acids is 1. The molecule has 1 aromatic rings. The van der Waals surface area contributed by atoms with Crippen LogP contribution in [-0.4, -0.2) is 42.7 Å². The number of rotatable bonds is 6. The summed E-state index contributed by atoms with van der Waals surface area (Å²) < 4.78 is 5.85. The number of amides is 1. The van der Waals surface area contributed by atoms with E-state index in [0.29, 0.717) is 24.3 Å². The van der Waals surface area contributed by atoms with Gasteiger partial charge in [-0.3, -0.25) is 9.59 Å². The number of aliphatic carboxylic acids is 1. The van der Waals surface area contributed by atoms with Crippen molar-refractivity contribution in [2.75, 3.05) is 19.7 Å². The molecule has 7 heteroatoms. The Labute approximate surface area is 166 Å². The van der Waals surface area contributed by atoms with Crippen LogP contribution in [0.25, 0.3) is 0 Å². The Morgan fingerprint density at radius 3 is 2.26 bits per heavy atom. The molecule has 0 spiro atoms. The van der Waals surface area contributed by atoms with Crippen molar-refractivity contribution in [1.29, 1.82) is 0 Å². The fourth-order valence-electron chi connectivity index (χ4n) is 3.72. The second kappa shape index (κ2) is 10.5. The number of hydrogen-bond acceptors (Lipinski definition) is 4. The van der Waals surface area contributed by atoms with Crippen LogP contribution in [0.15, 0.2) is 24.3 Å². The molecule has 1 saturated heterocycles. The second-order valence-electron chi connectivity index (χ2n) is 7.39. The van der Waals surface area contributed by atoms with E-state index < -0.39 is 5.97 Å². The Morgan fingerprint density at radius 1 is 1.04 bits per heavy atom. The maximum absolute atomic E-state index is 12.4. The number of nitrogens with one attached hydrogen (secondary N) is 2. The zero-order valence-electron chi connectivity index (χ0n) is 15.5. The molecule has 1 aromatic carbocycles. The summed E-state index contributed by atoms with van der Waals surface area (Å²) in [5.41, 5.74) is 0.611. The first kappa shape index (κ1) is 21.5. The van der Waals surface area contributed by atoms with E-state index in [1.54, 1.807) is 12.1 Å². The molecule has 1 heterocycles. The minimum absolute atomic E-state index is 0. The predicted octanol–water partition coefficient (Wildman–Crippen LogP) is 2.86. The number of carboxylic acids is 1. The Hall–Kier alpha value is -1.79. The van der Waals surface area contributed by atoms with Gasteiger partial charge in [0.15, 0.2) is 0 Å². The predicted molar refractivity (Wildman–Crippen MR) is 106 cm³/mol. The van der Waals surface area contributed by atoms with Crippen LogP contribution in [0.3, 0.4) is 0 Å². The van der Waals surface area contributed by atoms with Crippen LogP contribution in [0.1, 0.15) is 48.9 Å². The largest absolute Gasteiger partial charge is 0.493 e. The first-order valence-corrected chi connectivity index (χ1v) is 9.59. The quantitative estimate of drug-likeness (QED) is 0.688. The van der Waals surface area contributed by atoms with Crippen molar-refractivity contribution in [2.24, 2.45) is 11.8 Å². The van der Waals surface area contributed by atoms with E-state index in [1.165, 1.54) is 0 Å². The summed E-state index contributed by atoms with van der Waals surface area (Å²) in [6.45, 7) is 2.84. The molecule has 27 heavy (non-hydrogen) atoms. The highest BCUT2D eigenvalue weighted by atomic mass is 35.5.